The number of pyridine rings is 1. The number of aromatic amines is 1. The molecule has 3 rings (SSSR count). The molecule has 0 bridgehead atoms. The summed E-state index contributed by atoms with van der Waals surface area (Å²) in [6.45, 7) is 1.93. The van der Waals surface area contributed by atoms with Gasteiger partial charge in [-0.25, -0.2) is 9.37 Å². The van der Waals surface area contributed by atoms with Gasteiger partial charge in [0.05, 0.1) is 10.9 Å². The molecule has 0 radical (unpaired) electrons. The molecule has 2 aromatic heterocycles. The minimum atomic E-state index is -0.426. The Morgan fingerprint density at radius 2 is 2.25 bits per heavy atom. The van der Waals surface area contributed by atoms with Crippen LogP contribution in [0.5, 0.6) is 0 Å². The lowest BCUT2D eigenvalue weighted by Crippen LogP contribution is -2.43. The Bertz CT molecular complexity index is 631. The van der Waals surface area contributed by atoms with Gasteiger partial charge in [-0.15, -0.1) is 0 Å². The summed E-state index contributed by atoms with van der Waals surface area (Å²) in [4.78, 5) is 21.4. The number of amides is 1. The number of carbonyl (C=O) groups is 1. The van der Waals surface area contributed by atoms with Crippen LogP contribution in [-0.2, 0) is 0 Å². The molecule has 2 aromatic rings. The molecule has 0 aromatic carbocycles. The number of likely N-dealkylation sites (tertiary alicyclic amines) is 1. The van der Waals surface area contributed by atoms with Gasteiger partial charge in [-0.3, -0.25) is 4.79 Å². The Hall–Kier alpha value is -1.95. The van der Waals surface area contributed by atoms with Crippen molar-refractivity contribution in [2.24, 2.45) is 0 Å². The number of hydrogen-bond donors (Lipinski definition) is 2. The molecule has 2 N–H and O–H groups in total. The molecule has 0 saturated carbocycles. The summed E-state index contributed by atoms with van der Waals surface area (Å²) in [5, 5.41) is 3.24. The number of fused-ring (bicyclic) bond motifs is 1. The minimum absolute atomic E-state index is 0.156. The maximum Gasteiger partial charge on any atom is 0.253 e. The first-order valence-electron chi connectivity index (χ1n) is 6.76. The fraction of sp³-hybridized carbons (Fsp3) is 0.429. The van der Waals surface area contributed by atoms with Crippen molar-refractivity contribution in [1.29, 1.82) is 0 Å². The van der Waals surface area contributed by atoms with Gasteiger partial charge >= 0.3 is 0 Å². The first kappa shape index (κ1) is 13.1. The summed E-state index contributed by atoms with van der Waals surface area (Å²) < 4.78 is 13.8. The van der Waals surface area contributed by atoms with E-state index in [9.17, 15) is 9.18 Å². The summed E-state index contributed by atoms with van der Waals surface area (Å²) in [6.07, 6.45) is 4.74. The third-order valence-corrected chi connectivity index (χ3v) is 3.82. The molecule has 1 aliphatic heterocycles. The molecule has 5 nitrogen and oxygen atoms in total. The van der Waals surface area contributed by atoms with E-state index in [0.29, 0.717) is 11.2 Å². The number of hydrogen-bond acceptors (Lipinski definition) is 3. The Morgan fingerprint density at radius 1 is 1.50 bits per heavy atom. The summed E-state index contributed by atoms with van der Waals surface area (Å²) in [5.41, 5.74) is 0.725. The number of H-pyrrole nitrogens is 1. The van der Waals surface area contributed by atoms with Crippen LogP contribution in [0.1, 0.15) is 23.2 Å². The van der Waals surface area contributed by atoms with Crippen LogP contribution < -0.4 is 5.32 Å². The maximum atomic E-state index is 13.8. The number of piperidine rings is 1. The van der Waals surface area contributed by atoms with Crippen LogP contribution in [0.25, 0.3) is 11.0 Å². The molecule has 3 heterocycles. The number of nitrogens with one attached hydrogen (secondary N) is 2. The van der Waals surface area contributed by atoms with E-state index in [1.54, 1.807) is 0 Å². The molecule has 106 valence electrons. The lowest BCUT2D eigenvalue weighted by atomic mass is 10.0. The first-order valence-corrected chi connectivity index (χ1v) is 6.76. The smallest absolute Gasteiger partial charge is 0.253 e. The van der Waals surface area contributed by atoms with E-state index in [4.69, 9.17) is 0 Å². The van der Waals surface area contributed by atoms with Gasteiger partial charge in [-0.2, -0.15) is 0 Å². The predicted molar refractivity (Wildman–Crippen MR) is 74.0 cm³/mol. The largest absolute Gasteiger partial charge is 0.349 e. The summed E-state index contributed by atoms with van der Waals surface area (Å²) in [7, 11) is 2.07. The van der Waals surface area contributed by atoms with Crippen LogP contribution in [-0.4, -0.2) is 47.0 Å². The fourth-order valence-corrected chi connectivity index (χ4v) is 2.61. The van der Waals surface area contributed by atoms with E-state index in [1.165, 1.54) is 18.5 Å². The summed E-state index contributed by atoms with van der Waals surface area (Å²) >= 11 is 0. The van der Waals surface area contributed by atoms with Gasteiger partial charge in [0.2, 0.25) is 0 Å². The van der Waals surface area contributed by atoms with Crippen LogP contribution in [0.3, 0.4) is 0 Å². The van der Waals surface area contributed by atoms with E-state index < -0.39 is 5.82 Å². The van der Waals surface area contributed by atoms with Gasteiger partial charge in [0.1, 0.15) is 11.5 Å². The van der Waals surface area contributed by atoms with Crippen molar-refractivity contribution in [3.05, 3.63) is 29.8 Å². The number of aromatic nitrogens is 2. The zero-order valence-electron chi connectivity index (χ0n) is 11.3. The van der Waals surface area contributed by atoms with Gasteiger partial charge < -0.3 is 15.2 Å². The number of rotatable bonds is 2. The molecule has 0 unspecified atom stereocenters. The van der Waals surface area contributed by atoms with Crippen LogP contribution in [0.4, 0.5) is 4.39 Å². The highest BCUT2D eigenvalue weighted by Gasteiger charge is 2.21. The van der Waals surface area contributed by atoms with E-state index in [0.717, 1.165) is 25.9 Å². The van der Waals surface area contributed by atoms with Crippen molar-refractivity contribution < 1.29 is 9.18 Å². The van der Waals surface area contributed by atoms with Crippen molar-refractivity contribution in [3.8, 4) is 0 Å². The van der Waals surface area contributed by atoms with Crippen LogP contribution in [0, 0.1) is 5.82 Å². The zero-order chi connectivity index (χ0) is 14.1. The minimum Gasteiger partial charge on any atom is -0.349 e. The fourth-order valence-electron chi connectivity index (χ4n) is 2.61. The Balaban J connectivity index is 1.79. The lowest BCUT2D eigenvalue weighted by molar-refractivity contribution is 0.0918. The second-order valence-corrected chi connectivity index (χ2v) is 5.27. The average molecular weight is 276 g/mol. The van der Waals surface area contributed by atoms with Crippen LogP contribution in [0.15, 0.2) is 18.5 Å². The van der Waals surface area contributed by atoms with Crippen LogP contribution >= 0.6 is 0 Å². The Labute approximate surface area is 116 Å². The number of nitrogens with zero attached hydrogens (tertiary/aromatic N) is 2. The molecule has 0 aliphatic carbocycles. The van der Waals surface area contributed by atoms with Gasteiger partial charge in [-0.1, -0.05) is 0 Å². The maximum absolute atomic E-state index is 13.8. The summed E-state index contributed by atoms with van der Waals surface area (Å²) in [6, 6.07) is 1.42. The van der Waals surface area contributed by atoms with E-state index in [1.807, 2.05) is 0 Å². The molecule has 20 heavy (non-hydrogen) atoms. The molecule has 1 fully saturated rings. The molecule has 1 amide bonds. The normalized spacial score (nSPS) is 17.5. The van der Waals surface area contributed by atoms with E-state index in [2.05, 4.69) is 27.2 Å². The van der Waals surface area contributed by atoms with E-state index in [-0.39, 0.29) is 17.3 Å². The van der Waals surface area contributed by atoms with Gasteiger partial charge in [0, 0.05) is 18.4 Å². The standard InChI is InChI=1S/C14H17FN4O/c1-19-6-3-9(4-7-19)18-14(20)10-8-17-13-12(10)11(15)2-5-16-13/h2,5,8-9H,3-4,6-7H2,1H3,(H,16,17)(H,18,20). The highest BCUT2D eigenvalue weighted by molar-refractivity contribution is 6.06. The van der Waals surface area contributed by atoms with Gasteiger partial charge in [-0.05, 0) is 39.0 Å². The quantitative estimate of drug-likeness (QED) is 0.874. The molecule has 1 saturated heterocycles. The second kappa shape index (κ2) is 5.20. The average Bonchev–Trinajstić information content (AvgIpc) is 2.87. The molecular weight excluding hydrogens is 259 g/mol. The number of halogens is 1. The van der Waals surface area contributed by atoms with Crippen molar-refractivity contribution in [1.82, 2.24) is 20.2 Å². The summed E-state index contributed by atoms with van der Waals surface area (Å²) in [5.74, 6) is -0.664. The molecule has 0 atom stereocenters. The third kappa shape index (κ3) is 2.38. The Kier molecular flexibility index (Phi) is 3.40. The highest BCUT2D eigenvalue weighted by atomic mass is 19.1. The second-order valence-electron chi connectivity index (χ2n) is 5.27. The Morgan fingerprint density at radius 3 is 3.00 bits per heavy atom. The van der Waals surface area contributed by atoms with E-state index >= 15 is 0 Å². The van der Waals surface area contributed by atoms with Gasteiger partial charge in [0.15, 0.2) is 0 Å². The first-order chi connectivity index (χ1) is 9.65. The van der Waals surface area contributed by atoms with Gasteiger partial charge in [0.25, 0.3) is 5.91 Å². The lowest BCUT2D eigenvalue weighted by Gasteiger charge is -2.29. The third-order valence-electron chi connectivity index (χ3n) is 3.82. The monoisotopic (exact) mass is 276 g/mol. The molecular formula is C14H17FN4O. The zero-order valence-corrected chi connectivity index (χ0v) is 11.3. The van der Waals surface area contributed by atoms with Crippen molar-refractivity contribution in [2.75, 3.05) is 20.1 Å². The van der Waals surface area contributed by atoms with Crippen molar-refractivity contribution >= 4 is 16.9 Å². The highest BCUT2D eigenvalue weighted by Crippen LogP contribution is 2.20. The van der Waals surface area contributed by atoms with Crippen LogP contribution in [0.2, 0.25) is 0 Å². The van der Waals surface area contributed by atoms with Crippen molar-refractivity contribution in [2.45, 2.75) is 18.9 Å². The van der Waals surface area contributed by atoms with Crippen molar-refractivity contribution in [3.63, 3.8) is 0 Å². The predicted octanol–water partition coefficient (Wildman–Crippen LogP) is 1.53. The SMILES string of the molecule is CN1CCC(NC(=O)c2c[nH]c3nccc(F)c23)CC1. The number of carbonyl (C=O) groups excluding carboxylic acids is 1. The molecule has 0 spiro atoms. The molecule has 6 heteroatoms. The molecule has 1 aliphatic rings. The topological polar surface area (TPSA) is 61.0 Å².